The number of hydrogen-bond acceptors (Lipinski definition) is 3. The molecule has 0 fully saturated rings. The van der Waals surface area contributed by atoms with Crippen LogP contribution in [0.15, 0.2) is 42.5 Å². The smallest absolute Gasteiger partial charge is 0.126 e. The van der Waals surface area contributed by atoms with Crippen LogP contribution in [0, 0.1) is 0 Å². The van der Waals surface area contributed by atoms with Crippen LogP contribution < -0.4 is 10.5 Å². The Morgan fingerprint density at radius 1 is 1.11 bits per heavy atom. The molecular weight excluding hydrogens is 226 g/mol. The molecule has 3 nitrogen and oxygen atoms in total. The van der Waals surface area contributed by atoms with E-state index >= 15 is 0 Å². The minimum atomic E-state index is -0.0703. The van der Waals surface area contributed by atoms with Gasteiger partial charge in [-0.1, -0.05) is 24.3 Å². The molecule has 2 aromatic rings. The average molecular weight is 243 g/mol. The number of ether oxygens (including phenoxy) is 1. The van der Waals surface area contributed by atoms with E-state index in [9.17, 15) is 5.11 Å². The molecule has 3 heteroatoms. The Kier molecular flexibility index (Phi) is 3.53. The molecule has 0 aromatic heterocycles. The molecular formula is C15H17NO2. The lowest BCUT2D eigenvalue weighted by atomic mass is 9.98. The molecule has 1 atom stereocenters. The summed E-state index contributed by atoms with van der Waals surface area (Å²) in [6, 6.07) is 12.9. The molecule has 94 valence electrons. The van der Waals surface area contributed by atoms with Gasteiger partial charge in [0.1, 0.15) is 11.5 Å². The third-order valence-electron chi connectivity index (χ3n) is 2.94. The molecule has 0 saturated heterocycles. The molecule has 0 aliphatic rings. The maximum absolute atomic E-state index is 9.99. The lowest BCUT2D eigenvalue weighted by Crippen LogP contribution is -2.04. The van der Waals surface area contributed by atoms with E-state index in [0.29, 0.717) is 0 Å². The Morgan fingerprint density at radius 2 is 1.83 bits per heavy atom. The first kappa shape index (κ1) is 12.5. The molecule has 0 heterocycles. The third-order valence-corrected chi connectivity index (χ3v) is 2.94. The van der Waals surface area contributed by atoms with Gasteiger partial charge >= 0.3 is 0 Å². The Labute approximate surface area is 107 Å². The van der Waals surface area contributed by atoms with Crippen LogP contribution in [-0.4, -0.2) is 12.2 Å². The maximum atomic E-state index is 9.99. The van der Waals surface area contributed by atoms with Crippen LogP contribution >= 0.6 is 0 Å². The molecule has 0 saturated carbocycles. The molecule has 3 N–H and O–H groups in total. The van der Waals surface area contributed by atoms with Crippen molar-refractivity contribution in [3.63, 3.8) is 0 Å². The lowest BCUT2D eigenvalue weighted by molar-refractivity contribution is 0.415. The minimum absolute atomic E-state index is 0.0703. The number of aromatic hydroxyl groups is 1. The van der Waals surface area contributed by atoms with Gasteiger partial charge in [0, 0.05) is 17.2 Å². The normalized spacial score (nSPS) is 12.2. The van der Waals surface area contributed by atoms with Crippen LogP contribution in [0.1, 0.15) is 18.5 Å². The number of rotatable bonds is 3. The largest absolute Gasteiger partial charge is 0.507 e. The molecule has 0 bridgehead atoms. The zero-order valence-electron chi connectivity index (χ0n) is 10.6. The van der Waals surface area contributed by atoms with Gasteiger partial charge in [0.25, 0.3) is 0 Å². The average Bonchev–Trinajstić information content (AvgIpc) is 2.39. The summed E-state index contributed by atoms with van der Waals surface area (Å²) in [5.41, 5.74) is 8.45. The Bertz CT molecular complexity index is 550. The van der Waals surface area contributed by atoms with Crippen molar-refractivity contribution < 1.29 is 9.84 Å². The summed E-state index contributed by atoms with van der Waals surface area (Å²) in [7, 11) is 1.62. The fourth-order valence-corrected chi connectivity index (χ4v) is 1.92. The van der Waals surface area contributed by atoms with Crippen molar-refractivity contribution in [3.8, 4) is 22.6 Å². The number of para-hydroxylation sites is 1. The highest BCUT2D eigenvalue weighted by Gasteiger charge is 2.11. The van der Waals surface area contributed by atoms with Crippen LogP contribution in [0.3, 0.4) is 0 Å². The predicted octanol–water partition coefficient (Wildman–Crippen LogP) is 3.09. The molecule has 0 aliphatic heterocycles. The standard InChI is InChI=1S/C15H17NO2/c1-10(16)11-7-8-14(17)13(9-11)12-5-3-4-6-15(12)18-2/h3-10,17H,16H2,1-2H3. The number of nitrogens with two attached hydrogens (primary N) is 1. The highest BCUT2D eigenvalue weighted by atomic mass is 16.5. The quantitative estimate of drug-likeness (QED) is 0.871. The number of phenols is 1. The van der Waals surface area contributed by atoms with Crippen LogP contribution in [0.25, 0.3) is 11.1 Å². The number of hydrogen-bond donors (Lipinski definition) is 2. The van der Waals surface area contributed by atoms with Crippen LogP contribution in [0.2, 0.25) is 0 Å². The lowest BCUT2D eigenvalue weighted by Gasteiger charge is -2.13. The zero-order valence-corrected chi connectivity index (χ0v) is 10.6. The van der Waals surface area contributed by atoms with E-state index < -0.39 is 0 Å². The van der Waals surface area contributed by atoms with Gasteiger partial charge in [-0.15, -0.1) is 0 Å². The maximum Gasteiger partial charge on any atom is 0.126 e. The number of benzene rings is 2. The van der Waals surface area contributed by atoms with Gasteiger partial charge < -0.3 is 15.6 Å². The van der Waals surface area contributed by atoms with E-state index in [1.54, 1.807) is 13.2 Å². The molecule has 0 amide bonds. The van der Waals surface area contributed by atoms with Crippen molar-refractivity contribution in [2.75, 3.05) is 7.11 Å². The van der Waals surface area contributed by atoms with Crippen molar-refractivity contribution in [2.24, 2.45) is 5.73 Å². The monoisotopic (exact) mass is 243 g/mol. The fraction of sp³-hybridized carbons (Fsp3) is 0.200. The van der Waals surface area contributed by atoms with E-state index in [0.717, 1.165) is 22.4 Å². The van der Waals surface area contributed by atoms with Gasteiger partial charge in [-0.2, -0.15) is 0 Å². The first-order chi connectivity index (χ1) is 8.63. The van der Waals surface area contributed by atoms with Gasteiger partial charge in [0.15, 0.2) is 0 Å². The molecule has 0 spiro atoms. The van der Waals surface area contributed by atoms with E-state index in [1.165, 1.54) is 0 Å². The van der Waals surface area contributed by atoms with Crippen molar-refractivity contribution >= 4 is 0 Å². The molecule has 18 heavy (non-hydrogen) atoms. The second kappa shape index (κ2) is 5.10. The Morgan fingerprint density at radius 3 is 2.50 bits per heavy atom. The Hall–Kier alpha value is -2.00. The fourth-order valence-electron chi connectivity index (χ4n) is 1.92. The number of phenolic OH excluding ortho intramolecular Hbond substituents is 1. The van der Waals surface area contributed by atoms with E-state index in [4.69, 9.17) is 10.5 Å². The van der Waals surface area contributed by atoms with Gasteiger partial charge in [0.2, 0.25) is 0 Å². The topological polar surface area (TPSA) is 55.5 Å². The van der Waals surface area contributed by atoms with Crippen molar-refractivity contribution in [3.05, 3.63) is 48.0 Å². The van der Waals surface area contributed by atoms with E-state index in [2.05, 4.69) is 0 Å². The summed E-state index contributed by atoms with van der Waals surface area (Å²) < 4.78 is 5.31. The molecule has 0 radical (unpaired) electrons. The van der Waals surface area contributed by atoms with Gasteiger partial charge in [0.05, 0.1) is 7.11 Å². The summed E-state index contributed by atoms with van der Waals surface area (Å²) in [5.74, 6) is 0.957. The summed E-state index contributed by atoms with van der Waals surface area (Å²) in [6.07, 6.45) is 0. The van der Waals surface area contributed by atoms with Gasteiger partial charge in [-0.05, 0) is 30.7 Å². The van der Waals surface area contributed by atoms with Crippen molar-refractivity contribution in [2.45, 2.75) is 13.0 Å². The van der Waals surface area contributed by atoms with Gasteiger partial charge in [-0.25, -0.2) is 0 Å². The second-order valence-electron chi connectivity index (χ2n) is 4.27. The summed E-state index contributed by atoms with van der Waals surface area (Å²) in [6.45, 7) is 1.92. The molecule has 0 aliphatic carbocycles. The highest BCUT2D eigenvalue weighted by Crippen LogP contribution is 2.36. The van der Waals surface area contributed by atoms with Crippen LogP contribution in [0.5, 0.6) is 11.5 Å². The van der Waals surface area contributed by atoms with Crippen LogP contribution in [-0.2, 0) is 0 Å². The first-order valence-electron chi connectivity index (χ1n) is 5.85. The molecule has 2 rings (SSSR count). The third kappa shape index (κ3) is 2.31. The van der Waals surface area contributed by atoms with Crippen LogP contribution in [0.4, 0.5) is 0 Å². The minimum Gasteiger partial charge on any atom is -0.507 e. The first-order valence-corrected chi connectivity index (χ1v) is 5.85. The summed E-state index contributed by atoms with van der Waals surface area (Å²) >= 11 is 0. The van der Waals surface area contributed by atoms with Crippen molar-refractivity contribution in [1.29, 1.82) is 0 Å². The number of methoxy groups -OCH3 is 1. The Balaban J connectivity index is 2.59. The predicted molar refractivity (Wildman–Crippen MR) is 72.7 cm³/mol. The summed E-state index contributed by atoms with van der Waals surface area (Å²) in [4.78, 5) is 0. The molecule has 2 aromatic carbocycles. The zero-order chi connectivity index (χ0) is 13.1. The van der Waals surface area contributed by atoms with E-state index in [1.807, 2.05) is 43.3 Å². The van der Waals surface area contributed by atoms with Gasteiger partial charge in [-0.3, -0.25) is 0 Å². The second-order valence-corrected chi connectivity index (χ2v) is 4.27. The van der Waals surface area contributed by atoms with Crippen molar-refractivity contribution in [1.82, 2.24) is 0 Å². The molecule has 1 unspecified atom stereocenters. The highest BCUT2D eigenvalue weighted by molar-refractivity contribution is 5.76. The summed E-state index contributed by atoms with van der Waals surface area (Å²) in [5, 5.41) is 9.99. The SMILES string of the molecule is COc1ccccc1-c1cc(C(C)N)ccc1O. The van der Waals surface area contributed by atoms with E-state index in [-0.39, 0.29) is 11.8 Å².